The molecule has 0 spiro atoms. The number of carbonyl (C=O) groups is 1. The van der Waals surface area contributed by atoms with Crippen molar-refractivity contribution in [3.8, 4) is 0 Å². The molecule has 0 radical (unpaired) electrons. The summed E-state index contributed by atoms with van der Waals surface area (Å²) in [4.78, 5) is 12.2. The first-order valence-electron chi connectivity index (χ1n) is 6.62. The molecule has 0 saturated carbocycles. The van der Waals surface area contributed by atoms with Crippen LogP contribution < -0.4 is 10.6 Å². The Hall–Kier alpha value is -1.35. The topological polar surface area (TPSA) is 41.1 Å². The Morgan fingerprint density at radius 3 is 2.33 bits per heavy atom. The number of carbonyl (C=O) groups excluding carboxylic acids is 1. The van der Waals surface area contributed by atoms with Crippen LogP contribution in [-0.2, 0) is 4.79 Å². The normalized spacial score (nSPS) is 19.0. The van der Waals surface area contributed by atoms with Crippen LogP contribution in [-0.4, -0.2) is 18.5 Å². The van der Waals surface area contributed by atoms with Crippen LogP contribution in [0.3, 0.4) is 0 Å². The van der Waals surface area contributed by atoms with Crippen LogP contribution in [0.25, 0.3) is 0 Å². The van der Waals surface area contributed by atoms with Gasteiger partial charge in [-0.15, -0.1) is 0 Å². The van der Waals surface area contributed by atoms with Gasteiger partial charge in [0.05, 0.1) is 6.04 Å². The molecule has 1 heterocycles. The molecule has 1 aliphatic heterocycles. The summed E-state index contributed by atoms with van der Waals surface area (Å²) in [7, 11) is 0. The zero-order valence-electron chi connectivity index (χ0n) is 11.7. The van der Waals surface area contributed by atoms with E-state index in [1.54, 1.807) is 0 Å². The van der Waals surface area contributed by atoms with Crippen molar-refractivity contribution < 1.29 is 4.79 Å². The lowest BCUT2D eigenvalue weighted by molar-refractivity contribution is -0.117. The average molecular weight is 246 g/mol. The summed E-state index contributed by atoms with van der Waals surface area (Å²) in [5.41, 5.74) is 5.79. The zero-order valence-corrected chi connectivity index (χ0v) is 11.7. The molecule has 1 fully saturated rings. The van der Waals surface area contributed by atoms with Gasteiger partial charge in [0.2, 0.25) is 5.91 Å². The second-order valence-electron chi connectivity index (χ2n) is 5.27. The summed E-state index contributed by atoms with van der Waals surface area (Å²) < 4.78 is 0. The van der Waals surface area contributed by atoms with Crippen molar-refractivity contribution in [2.75, 3.05) is 11.9 Å². The molecular formula is C15H22N2O. The van der Waals surface area contributed by atoms with Gasteiger partial charge in [0.15, 0.2) is 0 Å². The van der Waals surface area contributed by atoms with Gasteiger partial charge >= 0.3 is 0 Å². The molecule has 0 bridgehead atoms. The molecule has 3 nitrogen and oxygen atoms in total. The Kier molecular flexibility index (Phi) is 3.71. The van der Waals surface area contributed by atoms with Crippen molar-refractivity contribution >= 4 is 11.6 Å². The van der Waals surface area contributed by atoms with Gasteiger partial charge in [-0.2, -0.15) is 0 Å². The number of rotatable bonds is 2. The van der Waals surface area contributed by atoms with E-state index in [4.69, 9.17) is 0 Å². The van der Waals surface area contributed by atoms with Crippen molar-refractivity contribution in [2.24, 2.45) is 0 Å². The van der Waals surface area contributed by atoms with Crippen LogP contribution in [0.15, 0.2) is 6.07 Å². The molecule has 98 valence electrons. The maximum Gasteiger partial charge on any atom is 0.241 e. The first kappa shape index (κ1) is 13.1. The molecule has 0 aromatic heterocycles. The Balaban J connectivity index is 2.25. The minimum Gasteiger partial charge on any atom is -0.324 e. The van der Waals surface area contributed by atoms with E-state index in [9.17, 15) is 4.79 Å². The van der Waals surface area contributed by atoms with Crippen molar-refractivity contribution in [3.05, 3.63) is 28.3 Å². The van der Waals surface area contributed by atoms with Gasteiger partial charge < -0.3 is 10.6 Å². The van der Waals surface area contributed by atoms with Crippen LogP contribution >= 0.6 is 0 Å². The highest BCUT2D eigenvalue weighted by molar-refractivity contribution is 5.96. The summed E-state index contributed by atoms with van der Waals surface area (Å²) in [6.07, 6.45) is 2.03. The van der Waals surface area contributed by atoms with Gasteiger partial charge in [0, 0.05) is 5.69 Å². The molecule has 1 aromatic rings. The van der Waals surface area contributed by atoms with Crippen molar-refractivity contribution in [2.45, 2.75) is 46.6 Å². The Labute approximate surface area is 109 Å². The van der Waals surface area contributed by atoms with E-state index in [1.165, 1.54) is 22.3 Å². The van der Waals surface area contributed by atoms with E-state index in [2.05, 4.69) is 44.4 Å². The summed E-state index contributed by atoms with van der Waals surface area (Å²) in [5.74, 6) is 0.101. The predicted octanol–water partition coefficient (Wildman–Crippen LogP) is 2.61. The van der Waals surface area contributed by atoms with E-state index in [1.807, 2.05) is 0 Å². The van der Waals surface area contributed by atoms with Crippen LogP contribution in [0.4, 0.5) is 5.69 Å². The molecule has 3 heteroatoms. The fourth-order valence-electron chi connectivity index (χ4n) is 2.52. The van der Waals surface area contributed by atoms with Crippen LogP contribution in [0.5, 0.6) is 0 Å². The van der Waals surface area contributed by atoms with Crippen molar-refractivity contribution in [1.29, 1.82) is 0 Å². The summed E-state index contributed by atoms with van der Waals surface area (Å²) >= 11 is 0. The van der Waals surface area contributed by atoms with Crippen LogP contribution in [0.2, 0.25) is 0 Å². The highest BCUT2D eigenvalue weighted by atomic mass is 16.2. The number of hydrogen-bond acceptors (Lipinski definition) is 2. The second-order valence-corrected chi connectivity index (χ2v) is 5.27. The fourth-order valence-corrected chi connectivity index (χ4v) is 2.52. The largest absolute Gasteiger partial charge is 0.324 e. The lowest BCUT2D eigenvalue weighted by atomic mass is 9.98. The minimum absolute atomic E-state index is 0.0235. The smallest absolute Gasteiger partial charge is 0.241 e. The molecule has 1 aromatic carbocycles. The molecule has 2 N–H and O–H groups in total. The van der Waals surface area contributed by atoms with E-state index in [0.29, 0.717) is 0 Å². The van der Waals surface area contributed by atoms with Crippen molar-refractivity contribution in [3.63, 3.8) is 0 Å². The highest BCUT2D eigenvalue weighted by Crippen LogP contribution is 2.27. The Morgan fingerprint density at radius 2 is 1.83 bits per heavy atom. The number of benzene rings is 1. The lowest BCUT2D eigenvalue weighted by Gasteiger charge is -2.18. The SMILES string of the molecule is Cc1cc(C)c(C)c(NC(=O)C2CCCN2)c1C. The molecule has 1 saturated heterocycles. The fraction of sp³-hybridized carbons (Fsp3) is 0.533. The van der Waals surface area contributed by atoms with Gasteiger partial charge in [-0.3, -0.25) is 4.79 Å². The molecule has 2 rings (SSSR count). The quantitative estimate of drug-likeness (QED) is 0.842. The summed E-state index contributed by atoms with van der Waals surface area (Å²) in [6, 6.07) is 2.15. The number of amides is 1. The maximum atomic E-state index is 12.2. The van der Waals surface area contributed by atoms with E-state index < -0.39 is 0 Å². The highest BCUT2D eigenvalue weighted by Gasteiger charge is 2.23. The molecule has 1 amide bonds. The number of nitrogens with one attached hydrogen (secondary N) is 2. The third-order valence-electron chi connectivity index (χ3n) is 3.99. The molecular weight excluding hydrogens is 224 g/mol. The lowest BCUT2D eigenvalue weighted by Crippen LogP contribution is -2.36. The standard InChI is InChI=1S/C15H22N2O/c1-9-8-10(2)12(4)14(11(9)3)17-15(18)13-6-5-7-16-13/h8,13,16H,5-7H2,1-4H3,(H,17,18). The van der Waals surface area contributed by atoms with E-state index in [0.717, 1.165) is 25.1 Å². The monoisotopic (exact) mass is 246 g/mol. The van der Waals surface area contributed by atoms with Gasteiger partial charge in [-0.1, -0.05) is 6.07 Å². The maximum absolute atomic E-state index is 12.2. The number of anilines is 1. The van der Waals surface area contributed by atoms with Crippen LogP contribution in [0.1, 0.15) is 35.1 Å². The zero-order chi connectivity index (χ0) is 13.3. The average Bonchev–Trinajstić information content (AvgIpc) is 2.85. The first-order chi connectivity index (χ1) is 8.50. The molecule has 0 aliphatic carbocycles. The third kappa shape index (κ3) is 2.41. The molecule has 1 atom stereocenters. The van der Waals surface area contributed by atoms with Crippen LogP contribution in [0, 0.1) is 27.7 Å². The first-order valence-corrected chi connectivity index (χ1v) is 6.62. The minimum atomic E-state index is -0.0235. The predicted molar refractivity (Wildman–Crippen MR) is 75.0 cm³/mol. The number of hydrogen-bond donors (Lipinski definition) is 2. The Morgan fingerprint density at radius 1 is 1.22 bits per heavy atom. The third-order valence-corrected chi connectivity index (χ3v) is 3.99. The van der Waals surface area contributed by atoms with Gasteiger partial charge in [-0.05, 0) is 69.3 Å². The molecule has 18 heavy (non-hydrogen) atoms. The summed E-state index contributed by atoms with van der Waals surface area (Å²) in [5, 5.41) is 6.33. The Bertz CT molecular complexity index is 448. The number of aryl methyl sites for hydroxylation is 2. The van der Waals surface area contributed by atoms with Gasteiger partial charge in [-0.25, -0.2) is 0 Å². The van der Waals surface area contributed by atoms with Gasteiger partial charge in [0.25, 0.3) is 0 Å². The van der Waals surface area contributed by atoms with Crippen molar-refractivity contribution in [1.82, 2.24) is 5.32 Å². The van der Waals surface area contributed by atoms with E-state index >= 15 is 0 Å². The second kappa shape index (κ2) is 5.11. The molecule has 1 unspecified atom stereocenters. The summed E-state index contributed by atoms with van der Waals surface area (Å²) in [6.45, 7) is 9.26. The van der Waals surface area contributed by atoms with Gasteiger partial charge in [0.1, 0.15) is 0 Å². The van der Waals surface area contributed by atoms with E-state index in [-0.39, 0.29) is 11.9 Å². The molecule has 1 aliphatic rings.